The van der Waals surface area contributed by atoms with Crippen LogP contribution in [-0.4, -0.2) is 12.1 Å². The Labute approximate surface area is 82.3 Å². The van der Waals surface area contributed by atoms with Crippen LogP contribution in [0.15, 0.2) is 0 Å². The minimum Gasteiger partial charge on any atom is -0.311 e. The van der Waals surface area contributed by atoms with Crippen LogP contribution < -0.4 is 5.32 Å². The Bertz CT molecular complexity index is 170. The summed E-state index contributed by atoms with van der Waals surface area (Å²) in [5, 5.41) is 3.77. The molecule has 0 aromatic rings. The molecular weight excluding hydrogens is 158 g/mol. The molecule has 0 radical (unpaired) electrons. The average Bonchev–Trinajstić information content (AvgIpc) is 2.83. The Morgan fingerprint density at radius 1 is 0.923 bits per heavy atom. The first-order valence-corrected chi connectivity index (χ1v) is 5.92. The van der Waals surface area contributed by atoms with Crippen LogP contribution in [0.4, 0.5) is 0 Å². The van der Waals surface area contributed by atoms with E-state index in [4.69, 9.17) is 0 Å². The molecule has 0 heterocycles. The lowest BCUT2D eigenvalue weighted by atomic mass is 9.85. The van der Waals surface area contributed by atoms with Gasteiger partial charge in [-0.2, -0.15) is 0 Å². The zero-order valence-corrected chi connectivity index (χ0v) is 9.10. The molecule has 1 heteroatoms. The van der Waals surface area contributed by atoms with Gasteiger partial charge >= 0.3 is 0 Å². The van der Waals surface area contributed by atoms with Gasteiger partial charge in [0.1, 0.15) is 0 Å². The minimum atomic E-state index is 0.611. The van der Waals surface area contributed by atoms with E-state index in [2.05, 4.69) is 19.2 Å². The maximum Gasteiger partial charge on any atom is 0.00708 e. The molecule has 0 aliphatic heterocycles. The van der Waals surface area contributed by atoms with E-state index < -0.39 is 0 Å². The molecule has 2 aliphatic rings. The summed E-state index contributed by atoms with van der Waals surface area (Å²) in [4.78, 5) is 0. The Morgan fingerprint density at radius 3 is 2.31 bits per heavy atom. The van der Waals surface area contributed by atoms with E-state index in [1.165, 1.54) is 44.9 Å². The molecule has 0 bridgehead atoms. The average molecular weight is 181 g/mol. The first-order valence-electron chi connectivity index (χ1n) is 5.92. The van der Waals surface area contributed by atoms with Gasteiger partial charge in [0.2, 0.25) is 0 Å². The fraction of sp³-hybridized carbons (Fsp3) is 1.00. The van der Waals surface area contributed by atoms with Crippen LogP contribution in [-0.2, 0) is 0 Å². The van der Waals surface area contributed by atoms with Gasteiger partial charge in [0.25, 0.3) is 0 Å². The number of hydrogen-bond acceptors (Lipinski definition) is 1. The summed E-state index contributed by atoms with van der Waals surface area (Å²) < 4.78 is 0. The van der Waals surface area contributed by atoms with Gasteiger partial charge in [0, 0.05) is 12.1 Å². The Hall–Kier alpha value is -0.0400. The zero-order chi connectivity index (χ0) is 9.31. The number of hydrogen-bond donors (Lipinski definition) is 1. The maximum absolute atomic E-state index is 3.77. The minimum absolute atomic E-state index is 0.611. The predicted octanol–water partition coefficient (Wildman–Crippen LogP) is 3.10. The summed E-state index contributed by atoms with van der Waals surface area (Å²) >= 11 is 0. The van der Waals surface area contributed by atoms with Gasteiger partial charge in [0.15, 0.2) is 0 Å². The fourth-order valence-electron chi connectivity index (χ4n) is 2.41. The van der Waals surface area contributed by atoms with Crippen molar-refractivity contribution in [2.45, 2.75) is 70.9 Å². The van der Waals surface area contributed by atoms with E-state index in [-0.39, 0.29) is 0 Å². The molecule has 2 aliphatic carbocycles. The van der Waals surface area contributed by atoms with Gasteiger partial charge < -0.3 is 5.32 Å². The molecule has 1 N–H and O–H groups in total. The topological polar surface area (TPSA) is 12.0 Å². The van der Waals surface area contributed by atoms with E-state index in [1.54, 1.807) is 0 Å². The summed E-state index contributed by atoms with van der Waals surface area (Å²) in [6, 6.07) is 1.74. The Morgan fingerprint density at radius 2 is 1.62 bits per heavy atom. The third-order valence-corrected chi connectivity index (χ3v) is 3.62. The molecule has 2 fully saturated rings. The van der Waals surface area contributed by atoms with Crippen molar-refractivity contribution >= 4 is 0 Å². The molecule has 0 aromatic carbocycles. The lowest BCUT2D eigenvalue weighted by Gasteiger charge is -2.22. The molecule has 1 atom stereocenters. The van der Waals surface area contributed by atoms with Crippen LogP contribution in [0.5, 0.6) is 0 Å². The Balaban J connectivity index is 1.79. The van der Waals surface area contributed by atoms with Crippen molar-refractivity contribution in [3.05, 3.63) is 0 Å². The Kier molecular flexibility index (Phi) is 2.64. The standard InChI is InChI=1S/C12H23N/c1-12(2)8-3-4-10(7-9-12)13-11-5-6-11/h10-11,13H,3-9H2,1-2H3. The highest BCUT2D eigenvalue weighted by Gasteiger charge is 2.28. The molecule has 2 saturated carbocycles. The second kappa shape index (κ2) is 3.61. The van der Waals surface area contributed by atoms with Crippen molar-refractivity contribution in [1.29, 1.82) is 0 Å². The van der Waals surface area contributed by atoms with Gasteiger partial charge in [0.05, 0.1) is 0 Å². The SMILES string of the molecule is CC1(C)CCCC(NC2CC2)CC1. The summed E-state index contributed by atoms with van der Waals surface area (Å²) in [5.74, 6) is 0. The van der Waals surface area contributed by atoms with E-state index in [0.717, 1.165) is 12.1 Å². The van der Waals surface area contributed by atoms with Gasteiger partial charge in [-0.1, -0.05) is 20.3 Å². The van der Waals surface area contributed by atoms with Gasteiger partial charge in [-0.25, -0.2) is 0 Å². The molecule has 0 saturated heterocycles. The maximum atomic E-state index is 3.77. The van der Waals surface area contributed by atoms with Crippen molar-refractivity contribution in [2.24, 2.45) is 5.41 Å². The first kappa shape index (κ1) is 9.51. The molecule has 1 unspecified atom stereocenters. The largest absolute Gasteiger partial charge is 0.311 e. The van der Waals surface area contributed by atoms with Crippen molar-refractivity contribution in [2.75, 3.05) is 0 Å². The van der Waals surface area contributed by atoms with E-state index in [9.17, 15) is 0 Å². The summed E-state index contributed by atoms with van der Waals surface area (Å²) in [5.41, 5.74) is 0.611. The monoisotopic (exact) mass is 181 g/mol. The highest BCUT2D eigenvalue weighted by atomic mass is 15.0. The predicted molar refractivity (Wildman–Crippen MR) is 56.8 cm³/mol. The van der Waals surface area contributed by atoms with Crippen molar-refractivity contribution in [1.82, 2.24) is 5.32 Å². The van der Waals surface area contributed by atoms with E-state index in [1.807, 2.05) is 0 Å². The lowest BCUT2D eigenvalue weighted by molar-refractivity contribution is 0.309. The van der Waals surface area contributed by atoms with Crippen LogP contribution in [0.25, 0.3) is 0 Å². The van der Waals surface area contributed by atoms with Crippen molar-refractivity contribution in [3.8, 4) is 0 Å². The highest BCUT2D eigenvalue weighted by molar-refractivity contribution is 4.87. The van der Waals surface area contributed by atoms with Crippen molar-refractivity contribution < 1.29 is 0 Å². The second-order valence-corrected chi connectivity index (χ2v) is 5.73. The summed E-state index contributed by atoms with van der Waals surface area (Å²) in [6.45, 7) is 4.85. The smallest absolute Gasteiger partial charge is 0.00708 e. The zero-order valence-electron chi connectivity index (χ0n) is 9.10. The molecule has 0 aromatic heterocycles. The second-order valence-electron chi connectivity index (χ2n) is 5.73. The number of nitrogens with one attached hydrogen (secondary N) is 1. The quantitative estimate of drug-likeness (QED) is 0.645. The van der Waals surface area contributed by atoms with E-state index >= 15 is 0 Å². The van der Waals surface area contributed by atoms with Gasteiger partial charge in [-0.05, 0) is 43.9 Å². The van der Waals surface area contributed by atoms with Gasteiger partial charge in [-0.3, -0.25) is 0 Å². The molecule has 1 nitrogen and oxygen atoms in total. The first-order chi connectivity index (χ1) is 6.16. The highest BCUT2D eigenvalue weighted by Crippen LogP contribution is 2.34. The molecular formula is C12H23N. The molecule has 0 amide bonds. The fourth-order valence-corrected chi connectivity index (χ4v) is 2.41. The molecule has 0 spiro atoms. The third-order valence-electron chi connectivity index (χ3n) is 3.62. The summed E-state index contributed by atoms with van der Waals surface area (Å²) in [6.07, 6.45) is 9.95. The molecule has 76 valence electrons. The lowest BCUT2D eigenvalue weighted by Crippen LogP contribution is -2.30. The molecule has 2 rings (SSSR count). The van der Waals surface area contributed by atoms with Crippen LogP contribution in [0.3, 0.4) is 0 Å². The van der Waals surface area contributed by atoms with Crippen LogP contribution >= 0.6 is 0 Å². The summed E-state index contributed by atoms with van der Waals surface area (Å²) in [7, 11) is 0. The van der Waals surface area contributed by atoms with Gasteiger partial charge in [-0.15, -0.1) is 0 Å². The third kappa shape index (κ3) is 2.98. The van der Waals surface area contributed by atoms with Crippen molar-refractivity contribution in [3.63, 3.8) is 0 Å². The van der Waals surface area contributed by atoms with Crippen LogP contribution in [0.1, 0.15) is 58.8 Å². The normalized spacial score (nSPS) is 34.2. The van der Waals surface area contributed by atoms with E-state index in [0.29, 0.717) is 5.41 Å². The molecule has 13 heavy (non-hydrogen) atoms. The number of rotatable bonds is 2. The van der Waals surface area contributed by atoms with Crippen LogP contribution in [0.2, 0.25) is 0 Å². The van der Waals surface area contributed by atoms with Crippen LogP contribution in [0, 0.1) is 5.41 Å².